The van der Waals surface area contributed by atoms with Crippen molar-refractivity contribution in [2.45, 2.75) is 0 Å². The molecule has 0 saturated carbocycles. The van der Waals surface area contributed by atoms with Crippen LogP contribution in [0.15, 0.2) is 35.4 Å². The zero-order chi connectivity index (χ0) is 16.1. The molecule has 11 heteroatoms. The van der Waals surface area contributed by atoms with E-state index in [1.54, 1.807) is 0 Å². The predicted octanol–water partition coefficient (Wildman–Crippen LogP) is 1.58. The van der Waals surface area contributed by atoms with Crippen LogP contribution in [-0.2, 0) is 9.31 Å². The lowest BCUT2D eigenvalue weighted by Crippen LogP contribution is -2.65. The molecule has 3 rings (SSSR count). The molecule has 0 bridgehead atoms. The van der Waals surface area contributed by atoms with Gasteiger partial charge in [-0.05, 0) is 0 Å². The molecule has 0 aliphatic carbocycles. The Morgan fingerprint density at radius 2 is 1.82 bits per heavy atom. The van der Waals surface area contributed by atoms with Crippen molar-refractivity contribution in [1.29, 1.82) is 0 Å². The van der Waals surface area contributed by atoms with E-state index in [0.717, 1.165) is 0 Å². The maximum atomic E-state index is 13.5. The van der Waals surface area contributed by atoms with E-state index < -0.39 is 53.3 Å². The third-order valence-electron chi connectivity index (χ3n) is 2.83. The molecule has 116 valence electrons. The lowest BCUT2D eigenvalue weighted by molar-refractivity contribution is -0.387. The van der Waals surface area contributed by atoms with Crippen molar-refractivity contribution in [3.05, 3.63) is 52.7 Å². The Morgan fingerprint density at radius 3 is 2.36 bits per heavy atom. The molecule has 0 radical (unpaired) electrons. The second-order valence-electron chi connectivity index (χ2n) is 4.29. The van der Waals surface area contributed by atoms with Gasteiger partial charge in [-0.1, -0.05) is 0 Å². The quantitative estimate of drug-likeness (QED) is 0.609. The van der Waals surface area contributed by atoms with E-state index in [1.165, 1.54) is 0 Å². The van der Waals surface area contributed by atoms with E-state index in [1.807, 2.05) is 0 Å². The van der Waals surface area contributed by atoms with Crippen molar-refractivity contribution >= 4 is 19.1 Å². The van der Waals surface area contributed by atoms with Gasteiger partial charge in [0.1, 0.15) is 11.5 Å². The van der Waals surface area contributed by atoms with Crippen molar-refractivity contribution in [1.82, 2.24) is 4.98 Å². The first-order valence-corrected chi connectivity index (χ1v) is 5.80. The third kappa shape index (κ3) is 2.28. The van der Waals surface area contributed by atoms with Gasteiger partial charge in [0.15, 0.2) is 17.4 Å². The van der Waals surface area contributed by atoms with Crippen LogP contribution in [0.4, 0.5) is 26.2 Å². The standard InChI is InChI=1S/C11H4BF6N2O2/c13-4-2-19-10(8(4)15)6-1-7(22-12(17,18)21-6)11-9(16)5(14)3-20-11/h1-3,19H/q-1/p+1/b11-7+. The van der Waals surface area contributed by atoms with Crippen molar-refractivity contribution in [2.24, 2.45) is 0 Å². The smallest absolute Gasteiger partial charge is 0.626 e. The van der Waals surface area contributed by atoms with Crippen LogP contribution in [0.3, 0.4) is 0 Å². The fourth-order valence-electron chi connectivity index (χ4n) is 1.89. The molecule has 0 atom stereocenters. The second kappa shape index (κ2) is 4.72. The molecule has 0 spiro atoms. The first-order valence-electron chi connectivity index (χ1n) is 5.80. The molecule has 0 amide bonds. The Labute approximate surface area is 118 Å². The Balaban J connectivity index is 2.14. The summed E-state index contributed by atoms with van der Waals surface area (Å²) < 4.78 is 88.0. The largest absolute Gasteiger partial charge is 0.726 e. The molecule has 0 saturated heterocycles. The topological polar surface area (TPSA) is 48.2 Å². The normalized spacial score (nSPS) is 23.5. The summed E-state index contributed by atoms with van der Waals surface area (Å²) in [7, 11) is -4.98. The number of nitrogens with one attached hydrogen (secondary N) is 2. The number of hydrogen-bond acceptors (Lipinski definition) is 2. The highest BCUT2D eigenvalue weighted by Gasteiger charge is 2.42. The summed E-state index contributed by atoms with van der Waals surface area (Å²) in [5.41, 5.74) is -1.43. The van der Waals surface area contributed by atoms with Crippen LogP contribution in [0, 0.1) is 11.6 Å². The zero-order valence-corrected chi connectivity index (χ0v) is 10.4. The molecular weight excluding hydrogens is 317 g/mol. The van der Waals surface area contributed by atoms with E-state index >= 15 is 0 Å². The minimum Gasteiger partial charge on any atom is -0.626 e. The van der Waals surface area contributed by atoms with Crippen LogP contribution < -0.4 is 4.99 Å². The molecule has 1 aromatic rings. The lowest BCUT2D eigenvalue weighted by atomic mass is 10.1. The van der Waals surface area contributed by atoms with Gasteiger partial charge in [0.25, 0.3) is 5.70 Å². The van der Waals surface area contributed by atoms with Gasteiger partial charge in [0.2, 0.25) is 17.9 Å². The van der Waals surface area contributed by atoms with Crippen LogP contribution in [-0.4, -0.2) is 18.3 Å². The van der Waals surface area contributed by atoms with Gasteiger partial charge in [-0.15, -0.1) is 0 Å². The summed E-state index contributed by atoms with van der Waals surface area (Å²) in [6, 6.07) is 0. The Morgan fingerprint density at radius 1 is 1.09 bits per heavy atom. The SMILES string of the molecule is FC1=C(F)/C(=C2/C=C(c3[nH]cc(F)c3F)O[B-](F)(F)O2)[NH+]=C1. The van der Waals surface area contributed by atoms with Crippen LogP contribution in [0.5, 0.6) is 0 Å². The first-order chi connectivity index (χ1) is 10.3. The van der Waals surface area contributed by atoms with Crippen LogP contribution >= 0.6 is 0 Å². The van der Waals surface area contributed by atoms with Gasteiger partial charge in [-0.2, -0.15) is 8.78 Å². The van der Waals surface area contributed by atoms with E-state index in [0.29, 0.717) is 18.5 Å². The molecule has 2 N–H and O–H groups in total. The zero-order valence-electron chi connectivity index (χ0n) is 10.4. The van der Waals surface area contributed by atoms with E-state index in [9.17, 15) is 26.2 Å². The van der Waals surface area contributed by atoms with E-state index in [-0.39, 0.29) is 0 Å². The molecule has 22 heavy (non-hydrogen) atoms. The maximum Gasteiger partial charge on any atom is 0.726 e. The monoisotopic (exact) mass is 322 g/mol. The minimum absolute atomic E-state index is 0.587. The highest BCUT2D eigenvalue weighted by atomic mass is 19.3. The summed E-state index contributed by atoms with van der Waals surface area (Å²) in [6.07, 6.45) is 1.86. The summed E-state index contributed by atoms with van der Waals surface area (Å²) in [4.78, 5) is 4.12. The van der Waals surface area contributed by atoms with Gasteiger partial charge < -0.3 is 22.9 Å². The molecule has 2 aliphatic heterocycles. The summed E-state index contributed by atoms with van der Waals surface area (Å²) in [5, 5.41) is 0. The number of allylic oxidation sites excluding steroid dienone is 3. The summed E-state index contributed by atoms with van der Waals surface area (Å²) >= 11 is 0. The number of hydrogen-bond donors (Lipinski definition) is 2. The Hall–Kier alpha value is -2.59. The molecule has 2 aliphatic rings. The Bertz CT molecular complexity index is 780. The van der Waals surface area contributed by atoms with Crippen LogP contribution in [0.2, 0.25) is 0 Å². The second-order valence-corrected chi connectivity index (χ2v) is 4.29. The summed E-state index contributed by atoms with van der Waals surface area (Å²) in [6.45, 7) is 0. The fraction of sp³-hybridized carbons (Fsp3) is 0. The third-order valence-corrected chi connectivity index (χ3v) is 2.83. The van der Waals surface area contributed by atoms with E-state index in [4.69, 9.17) is 0 Å². The maximum absolute atomic E-state index is 13.5. The summed E-state index contributed by atoms with van der Waals surface area (Å²) in [5.74, 6) is -7.19. The predicted molar refractivity (Wildman–Crippen MR) is 62.1 cm³/mol. The molecule has 1 aromatic heterocycles. The van der Waals surface area contributed by atoms with Crippen LogP contribution in [0.1, 0.15) is 5.69 Å². The van der Waals surface area contributed by atoms with Gasteiger partial charge in [0, 0.05) is 12.3 Å². The molecule has 0 unspecified atom stereocenters. The number of aromatic nitrogens is 1. The average Bonchev–Trinajstić information content (AvgIpc) is 2.93. The highest BCUT2D eigenvalue weighted by Crippen LogP contribution is 2.34. The number of rotatable bonds is 1. The van der Waals surface area contributed by atoms with Crippen LogP contribution in [0.25, 0.3) is 5.76 Å². The number of H-pyrrole nitrogens is 1. The van der Waals surface area contributed by atoms with Gasteiger partial charge in [-0.3, -0.25) is 0 Å². The number of aromatic amines is 1. The van der Waals surface area contributed by atoms with Gasteiger partial charge >= 0.3 is 7.11 Å². The lowest BCUT2D eigenvalue weighted by Gasteiger charge is -2.33. The van der Waals surface area contributed by atoms with Crippen molar-refractivity contribution < 1.29 is 40.5 Å². The van der Waals surface area contributed by atoms with Gasteiger partial charge in [-0.25, -0.2) is 13.8 Å². The molecule has 3 heterocycles. The highest BCUT2D eigenvalue weighted by molar-refractivity contribution is 6.53. The average molecular weight is 322 g/mol. The van der Waals surface area contributed by atoms with Crippen molar-refractivity contribution in [3.63, 3.8) is 0 Å². The molecule has 4 nitrogen and oxygen atoms in total. The van der Waals surface area contributed by atoms with E-state index in [2.05, 4.69) is 19.3 Å². The number of halogens is 6. The molecular formula is C11H5BF6N2O2. The first kappa shape index (κ1) is 14.4. The van der Waals surface area contributed by atoms with Gasteiger partial charge in [0.05, 0.1) is 0 Å². The van der Waals surface area contributed by atoms with Crippen molar-refractivity contribution in [3.8, 4) is 0 Å². The molecule has 0 aromatic carbocycles. The van der Waals surface area contributed by atoms with Crippen molar-refractivity contribution in [2.75, 3.05) is 0 Å². The Kier molecular flexibility index (Phi) is 3.08. The fourth-order valence-corrected chi connectivity index (χ4v) is 1.89. The molecule has 0 fully saturated rings. The minimum atomic E-state index is -4.98.